The molecule has 1 N–H and O–H groups in total. The summed E-state index contributed by atoms with van der Waals surface area (Å²) in [5.41, 5.74) is 1.66. The third-order valence-corrected chi connectivity index (χ3v) is 4.19. The Bertz CT molecular complexity index is 923. The Kier molecular flexibility index (Phi) is 5.43. The molecule has 0 aliphatic heterocycles. The molecule has 134 valence electrons. The first kappa shape index (κ1) is 17.8. The molecule has 3 rings (SSSR count). The quantitative estimate of drug-likeness (QED) is 0.709. The molecule has 1 amide bonds. The first-order valence-corrected chi connectivity index (χ1v) is 8.19. The highest BCUT2D eigenvalue weighted by molar-refractivity contribution is 6.31. The van der Waals surface area contributed by atoms with Crippen LogP contribution < -0.4 is 14.8 Å². The minimum atomic E-state index is -0.358. The molecule has 1 aromatic heterocycles. The number of carbonyl (C=O) groups is 1. The van der Waals surface area contributed by atoms with Crippen molar-refractivity contribution in [3.63, 3.8) is 0 Å². The van der Waals surface area contributed by atoms with Crippen molar-refractivity contribution in [2.75, 3.05) is 14.2 Å². The number of hydrogen-bond donors (Lipinski definition) is 1. The fourth-order valence-corrected chi connectivity index (χ4v) is 2.69. The predicted molar refractivity (Wildman–Crippen MR) is 97.7 cm³/mol. The molecule has 0 unspecified atom stereocenters. The van der Waals surface area contributed by atoms with Crippen molar-refractivity contribution in [3.05, 3.63) is 65.1 Å². The van der Waals surface area contributed by atoms with E-state index in [-0.39, 0.29) is 18.1 Å². The topological polar surface area (TPSA) is 73.6 Å². The summed E-state index contributed by atoms with van der Waals surface area (Å²) >= 11 is 6.11. The van der Waals surface area contributed by atoms with E-state index in [4.69, 9.17) is 25.5 Å². The van der Waals surface area contributed by atoms with Crippen molar-refractivity contribution in [2.45, 2.75) is 6.54 Å². The molecule has 6 nitrogen and oxygen atoms in total. The number of carbonyl (C=O) groups excluding carboxylic acids is 1. The van der Waals surface area contributed by atoms with Crippen LogP contribution in [0.3, 0.4) is 0 Å². The summed E-state index contributed by atoms with van der Waals surface area (Å²) in [5, 5.41) is 3.39. The lowest BCUT2D eigenvalue weighted by atomic mass is 10.1. The van der Waals surface area contributed by atoms with E-state index in [2.05, 4.69) is 10.3 Å². The number of methoxy groups -OCH3 is 2. The van der Waals surface area contributed by atoms with Crippen LogP contribution in [-0.4, -0.2) is 25.1 Å². The van der Waals surface area contributed by atoms with Crippen molar-refractivity contribution in [1.29, 1.82) is 0 Å². The monoisotopic (exact) mass is 372 g/mol. The first-order valence-electron chi connectivity index (χ1n) is 7.81. The molecule has 26 heavy (non-hydrogen) atoms. The fraction of sp³-hybridized carbons (Fsp3) is 0.158. The van der Waals surface area contributed by atoms with Crippen molar-refractivity contribution < 1.29 is 18.7 Å². The number of hydrogen-bond acceptors (Lipinski definition) is 5. The maximum absolute atomic E-state index is 12.5. The van der Waals surface area contributed by atoms with Crippen LogP contribution in [0.5, 0.6) is 11.5 Å². The van der Waals surface area contributed by atoms with Gasteiger partial charge in [0.2, 0.25) is 0 Å². The summed E-state index contributed by atoms with van der Waals surface area (Å²) in [5.74, 6) is 1.11. The highest BCUT2D eigenvalue weighted by Gasteiger charge is 2.19. The molecular weight excluding hydrogens is 356 g/mol. The maximum Gasteiger partial charge on any atom is 0.274 e. The largest absolute Gasteiger partial charge is 0.493 e. The SMILES string of the molecule is COc1ccc(-c2ocnc2C(=O)NCc2ccccc2Cl)cc1OC. The normalized spacial score (nSPS) is 10.4. The smallest absolute Gasteiger partial charge is 0.274 e. The Morgan fingerprint density at radius 2 is 1.92 bits per heavy atom. The van der Waals surface area contributed by atoms with Crippen LogP contribution in [0.1, 0.15) is 16.1 Å². The zero-order chi connectivity index (χ0) is 18.5. The summed E-state index contributed by atoms with van der Waals surface area (Å²) in [6.45, 7) is 0.288. The van der Waals surface area contributed by atoms with Crippen molar-refractivity contribution >= 4 is 17.5 Å². The summed E-state index contributed by atoms with van der Waals surface area (Å²) < 4.78 is 15.9. The summed E-state index contributed by atoms with van der Waals surface area (Å²) in [7, 11) is 3.10. The highest BCUT2D eigenvalue weighted by Crippen LogP contribution is 2.33. The Labute approximate surface area is 155 Å². The van der Waals surface area contributed by atoms with Gasteiger partial charge < -0.3 is 19.2 Å². The van der Waals surface area contributed by atoms with Crippen LogP contribution in [0.2, 0.25) is 5.02 Å². The second kappa shape index (κ2) is 7.93. The van der Waals surface area contributed by atoms with E-state index in [1.54, 1.807) is 38.5 Å². The number of amides is 1. The van der Waals surface area contributed by atoms with E-state index in [1.807, 2.05) is 18.2 Å². The van der Waals surface area contributed by atoms with Gasteiger partial charge in [-0.1, -0.05) is 29.8 Å². The second-order valence-corrected chi connectivity index (χ2v) is 5.78. The lowest BCUT2D eigenvalue weighted by Crippen LogP contribution is -2.23. The molecule has 0 aliphatic rings. The molecule has 1 heterocycles. The van der Waals surface area contributed by atoms with Gasteiger partial charge in [0.15, 0.2) is 29.3 Å². The lowest BCUT2D eigenvalue weighted by Gasteiger charge is -2.09. The van der Waals surface area contributed by atoms with Gasteiger partial charge in [0.1, 0.15) is 0 Å². The van der Waals surface area contributed by atoms with Gasteiger partial charge in [-0.25, -0.2) is 4.98 Å². The van der Waals surface area contributed by atoms with Gasteiger partial charge in [-0.2, -0.15) is 0 Å². The molecule has 0 saturated carbocycles. The number of ether oxygens (including phenoxy) is 2. The second-order valence-electron chi connectivity index (χ2n) is 5.37. The molecular formula is C19H17ClN2O4. The molecule has 0 aliphatic carbocycles. The van der Waals surface area contributed by atoms with E-state index in [9.17, 15) is 4.79 Å². The van der Waals surface area contributed by atoms with Crippen LogP contribution in [0.25, 0.3) is 11.3 Å². The van der Waals surface area contributed by atoms with E-state index >= 15 is 0 Å². The van der Waals surface area contributed by atoms with Gasteiger partial charge in [-0.05, 0) is 29.8 Å². The molecule has 0 radical (unpaired) electrons. The lowest BCUT2D eigenvalue weighted by molar-refractivity contribution is 0.0947. The number of aromatic nitrogens is 1. The summed E-state index contributed by atoms with van der Waals surface area (Å²) in [6.07, 6.45) is 1.23. The van der Waals surface area contributed by atoms with Gasteiger partial charge >= 0.3 is 0 Å². The van der Waals surface area contributed by atoms with Crippen molar-refractivity contribution in [3.8, 4) is 22.8 Å². The van der Waals surface area contributed by atoms with Crippen molar-refractivity contribution in [1.82, 2.24) is 10.3 Å². The summed E-state index contributed by atoms with van der Waals surface area (Å²) in [6, 6.07) is 12.5. The van der Waals surface area contributed by atoms with Crippen LogP contribution in [0, 0.1) is 0 Å². The number of nitrogens with one attached hydrogen (secondary N) is 1. The first-order chi connectivity index (χ1) is 12.6. The van der Waals surface area contributed by atoms with Gasteiger partial charge in [0.25, 0.3) is 5.91 Å². The van der Waals surface area contributed by atoms with Crippen molar-refractivity contribution in [2.24, 2.45) is 0 Å². The average molecular weight is 373 g/mol. The molecule has 2 aromatic carbocycles. The molecule has 0 atom stereocenters. The standard InChI is InChI=1S/C19H17ClN2O4/c1-24-15-8-7-12(9-16(15)25-2)18-17(22-11-26-18)19(23)21-10-13-5-3-4-6-14(13)20/h3-9,11H,10H2,1-2H3,(H,21,23). The number of halogens is 1. The maximum atomic E-state index is 12.5. The Hall–Kier alpha value is -2.99. The zero-order valence-corrected chi connectivity index (χ0v) is 15.0. The van der Waals surface area contributed by atoms with Crippen LogP contribution in [0.15, 0.2) is 53.3 Å². The third kappa shape index (κ3) is 3.65. The Balaban J connectivity index is 1.82. The number of benzene rings is 2. The number of nitrogens with zero attached hydrogens (tertiary/aromatic N) is 1. The number of oxazole rings is 1. The van der Waals surface area contributed by atoms with E-state index in [0.29, 0.717) is 27.8 Å². The molecule has 7 heteroatoms. The van der Waals surface area contributed by atoms with E-state index in [1.165, 1.54) is 6.39 Å². The fourth-order valence-electron chi connectivity index (χ4n) is 2.49. The van der Waals surface area contributed by atoms with Crippen LogP contribution in [-0.2, 0) is 6.54 Å². The average Bonchev–Trinajstić information content (AvgIpc) is 3.16. The third-order valence-electron chi connectivity index (χ3n) is 3.83. The molecule has 0 bridgehead atoms. The zero-order valence-electron chi connectivity index (χ0n) is 14.3. The van der Waals surface area contributed by atoms with Crippen LogP contribution >= 0.6 is 11.6 Å². The van der Waals surface area contributed by atoms with Gasteiger partial charge in [0, 0.05) is 17.1 Å². The predicted octanol–water partition coefficient (Wildman–Crippen LogP) is 3.94. The van der Waals surface area contributed by atoms with Gasteiger partial charge in [-0.3, -0.25) is 4.79 Å². The van der Waals surface area contributed by atoms with Gasteiger partial charge in [0.05, 0.1) is 14.2 Å². The molecule has 0 spiro atoms. The van der Waals surface area contributed by atoms with E-state index in [0.717, 1.165) is 5.56 Å². The molecule has 0 saturated heterocycles. The molecule has 3 aromatic rings. The van der Waals surface area contributed by atoms with E-state index < -0.39 is 0 Å². The minimum Gasteiger partial charge on any atom is -0.493 e. The summed E-state index contributed by atoms with van der Waals surface area (Å²) in [4.78, 5) is 16.6. The van der Waals surface area contributed by atoms with Gasteiger partial charge in [-0.15, -0.1) is 0 Å². The Morgan fingerprint density at radius 3 is 2.65 bits per heavy atom. The highest BCUT2D eigenvalue weighted by atomic mass is 35.5. The number of rotatable bonds is 6. The Morgan fingerprint density at radius 1 is 1.15 bits per heavy atom. The minimum absolute atomic E-state index is 0.185. The van der Waals surface area contributed by atoms with Crippen LogP contribution in [0.4, 0.5) is 0 Å². The molecule has 0 fully saturated rings.